The van der Waals surface area contributed by atoms with Gasteiger partial charge in [0.2, 0.25) is 0 Å². The molecule has 1 aromatic heterocycles. The summed E-state index contributed by atoms with van der Waals surface area (Å²) in [6.07, 6.45) is 0.530. The Morgan fingerprint density at radius 3 is 2.68 bits per heavy atom. The highest BCUT2D eigenvalue weighted by atomic mass is 16.6. The quantitative estimate of drug-likeness (QED) is 0.663. The topological polar surface area (TPSA) is 97.6 Å². The number of carbonyl (C=O) groups excluding carboxylic acids is 1. The van der Waals surface area contributed by atoms with Crippen LogP contribution in [0.4, 0.5) is 16.3 Å². The van der Waals surface area contributed by atoms with Gasteiger partial charge in [-0.15, -0.1) is 0 Å². The van der Waals surface area contributed by atoms with Gasteiger partial charge in [0.25, 0.3) is 5.69 Å². The molecule has 138 valence electrons. The number of pyridine rings is 1. The van der Waals surface area contributed by atoms with Gasteiger partial charge in [-0.1, -0.05) is 6.92 Å². The molecular formula is C17H26N4O4. The van der Waals surface area contributed by atoms with E-state index in [2.05, 4.69) is 17.2 Å². The van der Waals surface area contributed by atoms with E-state index in [1.165, 1.54) is 6.07 Å². The number of nitrogens with one attached hydrogen (secondary N) is 1. The van der Waals surface area contributed by atoms with Crippen LogP contribution in [0.5, 0.6) is 0 Å². The molecule has 2 unspecified atom stereocenters. The van der Waals surface area contributed by atoms with Gasteiger partial charge in [0.05, 0.1) is 4.92 Å². The summed E-state index contributed by atoms with van der Waals surface area (Å²) in [4.78, 5) is 28.7. The van der Waals surface area contributed by atoms with E-state index in [0.29, 0.717) is 30.5 Å². The molecule has 0 radical (unpaired) electrons. The van der Waals surface area contributed by atoms with Gasteiger partial charge in [-0.2, -0.15) is 0 Å². The minimum absolute atomic E-state index is 0.00220. The second-order valence-corrected chi connectivity index (χ2v) is 7.50. The number of hydrogen-bond donors (Lipinski definition) is 1. The molecule has 25 heavy (non-hydrogen) atoms. The molecule has 1 aromatic rings. The molecule has 0 saturated carbocycles. The first-order valence-corrected chi connectivity index (χ1v) is 8.43. The van der Waals surface area contributed by atoms with E-state index in [1.54, 1.807) is 17.9 Å². The molecule has 0 spiro atoms. The Hall–Kier alpha value is -2.38. The summed E-state index contributed by atoms with van der Waals surface area (Å²) in [5.74, 6) is 0.918. The first-order chi connectivity index (χ1) is 11.6. The molecule has 1 aliphatic rings. The number of nitro groups is 1. The monoisotopic (exact) mass is 350 g/mol. The van der Waals surface area contributed by atoms with E-state index in [9.17, 15) is 14.9 Å². The Bertz CT molecular complexity index is 657. The van der Waals surface area contributed by atoms with Crippen LogP contribution in [0, 0.1) is 23.0 Å². The van der Waals surface area contributed by atoms with Crippen molar-refractivity contribution in [3.63, 3.8) is 0 Å². The zero-order valence-corrected chi connectivity index (χ0v) is 15.4. The van der Waals surface area contributed by atoms with Crippen LogP contribution in [0.2, 0.25) is 0 Å². The van der Waals surface area contributed by atoms with Crippen molar-refractivity contribution < 1.29 is 14.5 Å². The fourth-order valence-electron chi connectivity index (χ4n) is 2.77. The molecule has 8 nitrogen and oxygen atoms in total. The van der Waals surface area contributed by atoms with Gasteiger partial charge in [-0.3, -0.25) is 10.1 Å². The number of piperidine rings is 1. The third-order valence-electron chi connectivity index (χ3n) is 4.20. The van der Waals surface area contributed by atoms with Gasteiger partial charge >= 0.3 is 6.09 Å². The third-order valence-corrected chi connectivity index (χ3v) is 4.20. The van der Waals surface area contributed by atoms with Crippen molar-refractivity contribution in [2.75, 3.05) is 18.4 Å². The van der Waals surface area contributed by atoms with Gasteiger partial charge in [0, 0.05) is 25.2 Å². The highest BCUT2D eigenvalue weighted by molar-refractivity contribution is 5.68. The number of likely N-dealkylation sites (tertiary alicyclic amines) is 1. The predicted octanol–water partition coefficient (Wildman–Crippen LogP) is 3.36. The van der Waals surface area contributed by atoms with Gasteiger partial charge in [0.1, 0.15) is 17.1 Å². The number of anilines is 1. The maximum atomic E-state index is 12.3. The van der Waals surface area contributed by atoms with Crippen LogP contribution in [-0.2, 0) is 4.74 Å². The van der Waals surface area contributed by atoms with Crippen molar-refractivity contribution in [2.45, 2.75) is 52.7 Å². The van der Waals surface area contributed by atoms with Gasteiger partial charge in [0.15, 0.2) is 0 Å². The van der Waals surface area contributed by atoms with Crippen LogP contribution in [0.25, 0.3) is 0 Å². The van der Waals surface area contributed by atoms with E-state index < -0.39 is 10.5 Å². The SMILES string of the molecule is Cc1nc(NC2CN(C(=O)OC(C)(C)C)CCC2C)ccc1[N+](=O)[O-]. The highest BCUT2D eigenvalue weighted by Crippen LogP contribution is 2.24. The van der Waals surface area contributed by atoms with Crippen molar-refractivity contribution in [3.8, 4) is 0 Å². The minimum atomic E-state index is -0.528. The lowest BCUT2D eigenvalue weighted by atomic mass is 9.93. The number of nitrogens with zero attached hydrogens (tertiary/aromatic N) is 3. The van der Waals surface area contributed by atoms with Gasteiger partial charge in [-0.05, 0) is 46.1 Å². The summed E-state index contributed by atoms with van der Waals surface area (Å²) < 4.78 is 5.44. The fraction of sp³-hybridized carbons (Fsp3) is 0.647. The summed E-state index contributed by atoms with van der Waals surface area (Å²) in [6, 6.07) is 3.06. The van der Waals surface area contributed by atoms with Crippen LogP contribution in [0.3, 0.4) is 0 Å². The van der Waals surface area contributed by atoms with E-state index in [0.717, 1.165) is 6.42 Å². The molecule has 1 N–H and O–H groups in total. The molecule has 2 atom stereocenters. The smallest absolute Gasteiger partial charge is 0.410 e. The number of rotatable bonds is 3. The van der Waals surface area contributed by atoms with Crippen LogP contribution in [0.15, 0.2) is 12.1 Å². The highest BCUT2D eigenvalue weighted by Gasteiger charge is 2.31. The summed E-state index contributed by atoms with van der Waals surface area (Å²) >= 11 is 0. The fourth-order valence-corrected chi connectivity index (χ4v) is 2.77. The molecule has 1 fully saturated rings. The predicted molar refractivity (Wildman–Crippen MR) is 94.6 cm³/mol. The second kappa shape index (κ2) is 7.25. The summed E-state index contributed by atoms with van der Waals surface area (Å²) in [7, 11) is 0. The second-order valence-electron chi connectivity index (χ2n) is 7.50. The Kier molecular flexibility index (Phi) is 5.49. The van der Waals surface area contributed by atoms with Gasteiger partial charge < -0.3 is 15.0 Å². The molecule has 0 bridgehead atoms. The van der Waals surface area contributed by atoms with Crippen LogP contribution < -0.4 is 5.32 Å². The third kappa shape index (κ3) is 5.04. The number of ether oxygens (including phenoxy) is 1. The van der Waals surface area contributed by atoms with Crippen LogP contribution in [0.1, 0.15) is 39.8 Å². The zero-order chi connectivity index (χ0) is 18.8. The summed E-state index contributed by atoms with van der Waals surface area (Å²) in [5.41, 5.74) is -0.166. The normalized spacial score (nSPS) is 20.9. The first kappa shape index (κ1) is 19.0. The van der Waals surface area contributed by atoms with Crippen molar-refractivity contribution in [3.05, 3.63) is 27.9 Å². The molecule has 1 saturated heterocycles. The van der Waals surface area contributed by atoms with Crippen molar-refractivity contribution in [1.29, 1.82) is 0 Å². The maximum Gasteiger partial charge on any atom is 0.410 e. The molecule has 0 aliphatic carbocycles. The standard InChI is InChI=1S/C17H26N4O4/c1-11-8-9-20(16(22)25-17(3,4)5)10-13(11)19-15-7-6-14(21(23)24)12(2)18-15/h6-7,11,13H,8-10H2,1-5H3,(H,18,19). The molecule has 2 rings (SSSR count). The molecule has 0 aromatic carbocycles. The molecule has 8 heteroatoms. The van der Waals surface area contributed by atoms with Crippen molar-refractivity contribution >= 4 is 17.6 Å². The number of carbonyl (C=O) groups is 1. The number of amides is 1. The lowest BCUT2D eigenvalue weighted by Crippen LogP contribution is -2.50. The average molecular weight is 350 g/mol. The Morgan fingerprint density at radius 1 is 1.44 bits per heavy atom. The van der Waals surface area contributed by atoms with Crippen LogP contribution >= 0.6 is 0 Å². The number of aryl methyl sites for hydroxylation is 1. The van der Waals surface area contributed by atoms with E-state index in [4.69, 9.17) is 4.74 Å². The summed E-state index contributed by atoms with van der Waals surface area (Å²) in [5, 5.41) is 14.2. The van der Waals surface area contributed by atoms with Gasteiger partial charge in [-0.25, -0.2) is 9.78 Å². The zero-order valence-electron chi connectivity index (χ0n) is 15.4. The van der Waals surface area contributed by atoms with E-state index >= 15 is 0 Å². The molecule has 1 amide bonds. The minimum Gasteiger partial charge on any atom is -0.444 e. The largest absolute Gasteiger partial charge is 0.444 e. The first-order valence-electron chi connectivity index (χ1n) is 8.43. The van der Waals surface area contributed by atoms with Crippen molar-refractivity contribution in [1.82, 2.24) is 9.88 Å². The lowest BCUT2D eigenvalue weighted by Gasteiger charge is -2.38. The maximum absolute atomic E-state index is 12.3. The Balaban J connectivity index is 2.06. The molecule has 2 heterocycles. The number of aromatic nitrogens is 1. The average Bonchev–Trinajstić information content (AvgIpc) is 2.47. The van der Waals surface area contributed by atoms with E-state index in [1.807, 2.05) is 20.8 Å². The molecule has 1 aliphatic heterocycles. The van der Waals surface area contributed by atoms with Crippen LogP contribution in [-0.4, -0.2) is 45.6 Å². The lowest BCUT2D eigenvalue weighted by molar-refractivity contribution is -0.385. The van der Waals surface area contributed by atoms with E-state index in [-0.39, 0.29) is 17.8 Å². The number of hydrogen-bond acceptors (Lipinski definition) is 6. The Morgan fingerprint density at radius 2 is 2.12 bits per heavy atom. The summed E-state index contributed by atoms with van der Waals surface area (Å²) in [6.45, 7) is 10.4. The molecular weight excluding hydrogens is 324 g/mol. The van der Waals surface area contributed by atoms with Crippen molar-refractivity contribution in [2.24, 2.45) is 5.92 Å². The Labute approximate surface area is 147 Å².